The fraction of sp³-hybridized carbons (Fsp3) is 0.897. The van der Waals surface area contributed by atoms with E-state index in [1.807, 2.05) is 20.2 Å². The molecule has 6 nitrogen and oxygen atoms in total. The molecule has 0 heterocycles. The molecule has 35 heavy (non-hydrogen) atoms. The number of rotatable bonds is 10. The second-order valence-electron chi connectivity index (χ2n) is 12.7. The van der Waals surface area contributed by atoms with Gasteiger partial charge in [0, 0.05) is 18.6 Å². The molecule has 0 aromatic carbocycles. The molecule has 8 atom stereocenters. The number of ether oxygens (including phenoxy) is 1. The van der Waals surface area contributed by atoms with Gasteiger partial charge in [-0.1, -0.05) is 25.1 Å². The first kappa shape index (κ1) is 27.1. The number of oxime groups is 1. The average molecular weight is 490 g/mol. The summed E-state index contributed by atoms with van der Waals surface area (Å²) >= 11 is 0. The molecule has 200 valence electrons. The zero-order valence-electron chi connectivity index (χ0n) is 22.8. The number of aliphatic hydroxyl groups is 1. The summed E-state index contributed by atoms with van der Waals surface area (Å²) in [7, 11) is 4.06. The van der Waals surface area contributed by atoms with E-state index in [0.29, 0.717) is 42.4 Å². The Morgan fingerprint density at radius 1 is 1.03 bits per heavy atom. The molecule has 4 saturated carbocycles. The van der Waals surface area contributed by atoms with Crippen LogP contribution in [0, 0.1) is 34.5 Å². The highest BCUT2D eigenvalue weighted by Gasteiger charge is 2.66. The van der Waals surface area contributed by atoms with Gasteiger partial charge in [0.1, 0.15) is 6.61 Å². The van der Waals surface area contributed by atoms with E-state index in [-0.39, 0.29) is 5.41 Å². The molecule has 0 radical (unpaired) electrons. The van der Waals surface area contributed by atoms with Gasteiger partial charge >= 0.3 is 0 Å². The summed E-state index contributed by atoms with van der Waals surface area (Å²) in [5, 5.41) is 16.4. The minimum Gasteiger partial charge on any atom is -0.394 e. The van der Waals surface area contributed by atoms with E-state index >= 15 is 0 Å². The van der Waals surface area contributed by atoms with Crippen LogP contribution in [0.25, 0.3) is 0 Å². The molecule has 0 saturated heterocycles. The van der Waals surface area contributed by atoms with Gasteiger partial charge in [-0.2, -0.15) is 0 Å². The Hall–Kier alpha value is -0.950. The zero-order valence-corrected chi connectivity index (χ0v) is 22.8. The first-order valence-corrected chi connectivity index (χ1v) is 14.3. The number of hydrogen-bond acceptors (Lipinski definition) is 6. The van der Waals surface area contributed by atoms with Gasteiger partial charge in [-0.3, -0.25) is 0 Å². The van der Waals surface area contributed by atoms with Crippen molar-refractivity contribution < 1.29 is 14.7 Å². The summed E-state index contributed by atoms with van der Waals surface area (Å²) in [5.74, 6) is 2.20. The van der Waals surface area contributed by atoms with Crippen LogP contribution in [0.15, 0.2) is 17.3 Å². The highest BCUT2D eigenvalue weighted by atomic mass is 16.6. The fourth-order valence-corrected chi connectivity index (χ4v) is 8.56. The maximum absolute atomic E-state index is 12.3. The first-order chi connectivity index (χ1) is 16.7. The molecule has 0 spiro atoms. The van der Waals surface area contributed by atoms with Gasteiger partial charge in [-0.05, 0) is 120 Å². The molecule has 4 aliphatic carbocycles. The Morgan fingerprint density at radius 2 is 1.86 bits per heavy atom. The lowest BCUT2D eigenvalue weighted by atomic mass is 9.43. The monoisotopic (exact) mass is 489 g/mol. The van der Waals surface area contributed by atoms with Crippen molar-refractivity contribution in [2.75, 3.05) is 40.4 Å². The normalized spacial score (nSPS) is 43.5. The SMILES string of the molecule is CN(C)CCO/N=C/C=C/[C@H]1CC[C@]2(O)[C@@H]3CC[C@@H]4C[C@@H](OCCCN)CC[C@]4(C)[C@H]3CC[C@]12C. The van der Waals surface area contributed by atoms with E-state index < -0.39 is 5.60 Å². The van der Waals surface area contributed by atoms with Crippen LogP contribution < -0.4 is 5.73 Å². The van der Waals surface area contributed by atoms with Crippen LogP contribution in [0.2, 0.25) is 0 Å². The highest BCUT2D eigenvalue weighted by molar-refractivity contribution is 5.70. The molecular weight excluding hydrogens is 438 g/mol. The van der Waals surface area contributed by atoms with Crippen molar-refractivity contribution in [3.63, 3.8) is 0 Å². The highest BCUT2D eigenvalue weighted by Crippen LogP contribution is 2.69. The standard InChI is InChI=1S/C29H51N3O3/c1-27-13-11-24(34-19-6-16-30)21-23(27)8-9-26-25(27)12-14-28(2)22(10-15-29(26,28)33)7-5-17-31-35-20-18-32(3)4/h5,7,17,22-26,33H,6,8-16,18-21,30H2,1-4H3/b7-5+,31-17+/t22-,23+,24-,25-,26+,27-,28+,29-/m0/s1. The van der Waals surface area contributed by atoms with Gasteiger partial charge in [0.15, 0.2) is 0 Å². The molecule has 3 N–H and O–H groups in total. The minimum absolute atomic E-state index is 0.0456. The number of fused-ring (bicyclic) bond motifs is 5. The molecule has 4 rings (SSSR count). The van der Waals surface area contributed by atoms with Crippen molar-refractivity contribution in [1.82, 2.24) is 4.90 Å². The summed E-state index contributed by atoms with van der Waals surface area (Å²) in [6.45, 7) is 7.89. The Balaban J connectivity index is 1.39. The van der Waals surface area contributed by atoms with Crippen molar-refractivity contribution >= 4 is 6.21 Å². The fourth-order valence-electron chi connectivity index (χ4n) is 8.56. The summed E-state index contributed by atoms with van der Waals surface area (Å²) in [6, 6.07) is 0. The predicted molar refractivity (Wildman–Crippen MR) is 142 cm³/mol. The summed E-state index contributed by atoms with van der Waals surface area (Å²) in [5.41, 5.74) is 5.41. The molecule has 0 unspecified atom stereocenters. The van der Waals surface area contributed by atoms with Gasteiger partial charge in [0.05, 0.1) is 17.9 Å². The number of allylic oxidation sites excluding steroid dienone is 2. The predicted octanol–water partition coefficient (Wildman–Crippen LogP) is 4.61. The Kier molecular flexibility index (Phi) is 8.67. The summed E-state index contributed by atoms with van der Waals surface area (Å²) in [4.78, 5) is 7.42. The van der Waals surface area contributed by atoms with Crippen molar-refractivity contribution in [2.45, 2.75) is 89.8 Å². The maximum Gasteiger partial charge on any atom is 0.129 e. The molecule has 0 aromatic rings. The maximum atomic E-state index is 12.3. The Bertz CT molecular complexity index is 757. The quantitative estimate of drug-likeness (QED) is 0.266. The van der Waals surface area contributed by atoms with Crippen LogP contribution in [0.5, 0.6) is 0 Å². The number of likely N-dealkylation sites (N-methyl/N-ethyl adjacent to an activating group) is 1. The molecule has 4 aliphatic rings. The molecule has 0 aliphatic heterocycles. The lowest BCUT2D eigenvalue weighted by Gasteiger charge is -2.63. The Morgan fingerprint density at radius 3 is 2.63 bits per heavy atom. The van der Waals surface area contributed by atoms with Gasteiger partial charge in [-0.25, -0.2) is 0 Å². The van der Waals surface area contributed by atoms with Crippen molar-refractivity contribution in [3.8, 4) is 0 Å². The lowest BCUT2D eigenvalue weighted by Crippen LogP contribution is -2.62. The van der Waals surface area contributed by atoms with E-state index in [1.54, 1.807) is 6.21 Å². The Labute approximate surface area is 213 Å². The summed E-state index contributed by atoms with van der Waals surface area (Å²) < 4.78 is 6.19. The smallest absolute Gasteiger partial charge is 0.129 e. The average Bonchev–Trinajstić information content (AvgIpc) is 3.09. The molecule has 0 bridgehead atoms. The third-order valence-electron chi connectivity index (χ3n) is 10.8. The van der Waals surface area contributed by atoms with Gasteiger partial charge in [0.25, 0.3) is 0 Å². The van der Waals surface area contributed by atoms with Crippen molar-refractivity contribution in [3.05, 3.63) is 12.2 Å². The van der Waals surface area contributed by atoms with Crippen LogP contribution in [0.3, 0.4) is 0 Å². The van der Waals surface area contributed by atoms with Crippen LogP contribution in [-0.4, -0.2) is 68.3 Å². The van der Waals surface area contributed by atoms with Crippen LogP contribution in [-0.2, 0) is 9.57 Å². The summed E-state index contributed by atoms with van der Waals surface area (Å²) in [6.07, 6.45) is 17.8. The van der Waals surface area contributed by atoms with Crippen molar-refractivity contribution in [2.24, 2.45) is 45.4 Å². The molecule has 6 heteroatoms. The molecule has 4 fully saturated rings. The van der Waals surface area contributed by atoms with E-state index in [4.69, 9.17) is 15.3 Å². The molecular formula is C29H51N3O3. The van der Waals surface area contributed by atoms with E-state index in [9.17, 15) is 5.11 Å². The topological polar surface area (TPSA) is 80.3 Å². The van der Waals surface area contributed by atoms with E-state index in [0.717, 1.165) is 51.2 Å². The zero-order chi connectivity index (χ0) is 25.1. The van der Waals surface area contributed by atoms with Crippen molar-refractivity contribution in [1.29, 1.82) is 0 Å². The molecule has 0 aromatic heterocycles. The van der Waals surface area contributed by atoms with Crippen LogP contribution >= 0.6 is 0 Å². The largest absolute Gasteiger partial charge is 0.394 e. The first-order valence-electron chi connectivity index (χ1n) is 14.3. The van der Waals surface area contributed by atoms with Crippen LogP contribution in [0.1, 0.15) is 78.1 Å². The number of nitrogens with two attached hydrogens (primary N) is 1. The van der Waals surface area contributed by atoms with Crippen LogP contribution in [0.4, 0.5) is 0 Å². The van der Waals surface area contributed by atoms with E-state index in [2.05, 4.69) is 30.0 Å². The second-order valence-corrected chi connectivity index (χ2v) is 12.7. The second kappa shape index (κ2) is 11.2. The number of nitrogens with zero attached hydrogens (tertiary/aromatic N) is 2. The third kappa shape index (κ3) is 5.23. The van der Waals surface area contributed by atoms with E-state index in [1.165, 1.54) is 32.1 Å². The van der Waals surface area contributed by atoms with Gasteiger partial charge < -0.3 is 25.3 Å². The third-order valence-corrected chi connectivity index (χ3v) is 10.8. The van der Waals surface area contributed by atoms with Gasteiger partial charge in [-0.15, -0.1) is 0 Å². The lowest BCUT2D eigenvalue weighted by molar-refractivity contribution is -0.209. The number of hydrogen-bond donors (Lipinski definition) is 2. The molecule has 0 amide bonds. The minimum atomic E-state index is -0.549. The van der Waals surface area contributed by atoms with Gasteiger partial charge in [0.2, 0.25) is 0 Å².